The molecule has 0 saturated heterocycles. The number of halogens is 2. The minimum Gasteiger partial charge on any atom is -0.325 e. The predicted molar refractivity (Wildman–Crippen MR) is 64.3 cm³/mol. The molecule has 2 aromatic heterocycles. The Hall–Kier alpha value is -0.897. The van der Waals surface area contributed by atoms with Crippen LogP contribution in [0.4, 0.5) is 0 Å². The molecular formula is C12H16Cl2N4O8Zn. The SMILES string of the molecule is NCc1ccccn1.NCc1ccccn1.[O-][Cl+3]([O-])([O-])[O-].[O-][Cl+3]([O-])([O-])[O-].[Zn+2]. The van der Waals surface area contributed by atoms with Gasteiger partial charge in [-0.05, 0) is 24.3 Å². The minimum absolute atomic E-state index is 0. The fourth-order valence-corrected chi connectivity index (χ4v) is 1.04. The molecule has 2 rings (SSSR count). The molecule has 0 saturated carbocycles. The van der Waals surface area contributed by atoms with Crippen LogP contribution in [0.25, 0.3) is 0 Å². The van der Waals surface area contributed by atoms with Crippen molar-refractivity contribution in [3.05, 3.63) is 60.2 Å². The Kier molecular flexibility index (Phi) is 19.7. The Morgan fingerprint density at radius 1 is 0.630 bits per heavy atom. The van der Waals surface area contributed by atoms with Gasteiger partial charge in [-0.25, -0.2) is 37.3 Å². The van der Waals surface area contributed by atoms with Gasteiger partial charge in [-0.1, -0.05) is 12.1 Å². The van der Waals surface area contributed by atoms with E-state index < -0.39 is 20.5 Å². The quantitative estimate of drug-likeness (QED) is 0.379. The number of nitrogens with zero attached hydrogens (tertiary/aromatic N) is 2. The maximum Gasteiger partial charge on any atom is 2.00 e. The standard InChI is InChI=1S/2C6H8N2.2ClHO4.Zn/c2*7-5-6-3-1-2-4-8-6;2*2-1(3,4)5;/h2*1-4H,5,7H2;2*(H,2,3,4,5);/q;;;;+2/p-2. The number of hydrogen-bond acceptors (Lipinski definition) is 12. The van der Waals surface area contributed by atoms with Crippen LogP contribution in [0, 0.1) is 20.5 Å². The zero-order valence-electron chi connectivity index (χ0n) is 13.8. The van der Waals surface area contributed by atoms with Crippen molar-refractivity contribution in [1.29, 1.82) is 0 Å². The third kappa shape index (κ3) is 36.7. The monoisotopic (exact) mass is 478 g/mol. The first kappa shape index (κ1) is 30.8. The van der Waals surface area contributed by atoms with Crippen molar-refractivity contribution < 1.29 is 77.2 Å². The van der Waals surface area contributed by atoms with Gasteiger partial charge in [0.05, 0.1) is 11.4 Å². The third-order valence-corrected chi connectivity index (χ3v) is 1.87. The van der Waals surface area contributed by atoms with Crippen LogP contribution in [0.15, 0.2) is 48.8 Å². The molecular weight excluding hydrogens is 464 g/mol. The van der Waals surface area contributed by atoms with E-state index >= 15 is 0 Å². The van der Waals surface area contributed by atoms with Crippen molar-refractivity contribution in [1.82, 2.24) is 9.97 Å². The van der Waals surface area contributed by atoms with Crippen LogP contribution < -0.4 is 48.7 Å². The van der Waals surface area contributed by atoms with Crippen LogP contribution in [0.2, 0.25) is 0 Å². The third-order valence-electron chi connectivity index (χ3n) is 1.87. The Bertz CT molecular complexity index is 497. The Balaban J connectivity index is -0.000000289. The first-order chi connectivity index (χ1) is 11.9. The average Bonchev–Trinajstić information content (AvgIpc) is 2.54. The van der Waals surface area contributed by atoms with Crippen LogP contribution in [0.5, 0.6) is 0 Å². The maximum absolute atomic E-state index is 8.49. The van der Waals surface area contributed by atoms with Gasteiger partial charge in [0.15, 0.2) is 0 Å². The second-order valence-corrected chi connectivity index (χ2v) is 5.32. The molecule has 0 unspecified atom stereocenters. The zero-order valence-corrected chi connectivity index (χ0v) is 18.3. The van der Waals surface area contributed by atoms with Crippen molar-refractivity contribution in [2.45, 2.75) is 13.1 Å². The summed E-state index contributed by atoms with van der Waals surface area (Å²) in [5, 5.41) is 0. The predicted octanol–water partition coefficient (Wildman–Crippen LogP) is -8.43. The Morgan fingerprint density at radius 2 is 0.889 bits per heavy atom. The van der Waals surface area contributed by atoms with Crippen molar-refractivity contribution in [2.75, 3.05) is 0 Å². The number of rotatable bonds is 2. The molecule has 148 valence electrons. The molecule has 0 atom stereocenters. The van der Waals surface area contributed by atoms with Crippen LogP contribution in [0.3, 0.4) is 0 Å². The van der Waals surface area contributed by atoms with E-state index in [0.29, 0.717) is 13.1 Å². The zero-order chi connectivity index (χ0) is 20.6. The Morgan fingerprint density at radius 3 is 1.00 bits per heavy atom. The van der Waals surface area contributed by atoms with Crippen LogP contribution >= 0.6 is 0 Å². The number of aromatic nitrogens is 2. The van der Waals surface area contributed by atoms with E-state index in [0.717, 1.165) is 11.4 Å². The number of pyridine rings is 2. The molecule has 0 spiro atoms. The second kappa shape index (κ2) is 17.2. The van der Waals surface area contributed by atoms with Gasteiger partial charge in [-0.3, -0.25) is 9.97 Å². The summed E-state index contributed by atoms with van der Waals surface area (Å²) >= 11 is 0. The smallest absolute Gasteiger partial charge is 0.325 e. The van der Waals surface area contributed by atoms with Gasteiger partial charge in [0, 0.05) is 25.5 Å². The van der Waals surface area contributed by atoms with E-state index in [1.807, 2.05) is 36.4 Å². The fraction of sp³-hybridized carbons (Fsp3) is 0.167. The van der Waals surface area contributed by atoms with E-state index in [1.54, 1.807) is 12.4 Å². The van der Waals surface area contributed by atoms with Gasteiger partial charge < -0.3 is 11.5 Å². The topological polar surface area (TPSA) is 262 Å². The van der Waals surface area contributed by atoms with E-state index in [2.05, 4.69) is 9.97 Å². The maximum atomic E-state index is 8.49. The molecule has 0 aromatic carbocycles. The van der Waals surface area contributed by atoms with Crippen molar-refractivity contribution in [3.63, 3.8) is 0 Å². The summed E-state index contributed by atoms with van der Waals surface area (Å²) in [5.74, 6) is 0. The molecule has 0 amide bonds. The molecule has 27 heavy (non-hydrogen) atoms. The molecule has 2 aromatic rings. The number of hydrogen-bond donors (Lipinski definition) is 2. The molecule has 0 aliphatic carbocycles. The average molecular weight is 481 g/mol. The van der Waals surface area contributed by atoms with Gasteiger partial charge in [-0.2, -0.15) is 0 Å². The largest absolute Gasteiger partial charge is 2.00 e. The first-order valence-electron chi connectivity index (χ1n) is 6.30. The summed E-state index contributed by atoms with van der Waals surface area (Å²) in [6, 6.07) is 11.4. The molecule has 0 fully saturated rings. The van der Waals surface area contributed by atoms with Crippen LogP contribution in [-0.4, -0.2) is 9.97 Å². The summed E-state index contributed by atoms with van der Waals surface area (Å²) in [6.45, 7) is 1.06. The first-order valence-corrected chi connectivity index (χ1v) is 8.77. The summed E-state index contributed by atoms with van der Waals surface area (Å²) in [7, 11) is -9.89. The summed E-state index contributed by atoms with van der Waals surface area (Å²) in [5.41, 5.74) is 12.4. The fourth-order valence-electron chi connectivity index (χ4n) is 1.04. The van der Waals surface area contributed by atoms with Crippen LogP contribution in [-0.2, 0) is 32.6 Å². The molecule has 0 aliphatic rings. The van der Waals surface area contributed by atoms with Crippen molar-refractivity contribution in [2.24, 2.45) is 11.5 Å². The molecule has 0 radical (unpaired) electrons. The van der Waals surface area contributed by atoms with E-state index in [-0.39, 0.29) is 19.5 Å². The van der Waals surface area contributed by atoms with Gasteiger partial charge in [0.2, 0.25) is 0 Å². The second-order valence-electron chi connectivity index (χ2n) is 3.81. The summed E-state index contributed by atoms with van der Waals surface area (Å²) < 4.78 is 67.9. The van der Waals surface area contributed by atoms with Crippen LogP contribution in [0.1, 0.15) is 11.4 Å². The molecule has 12 nitrogen and oxygen atoms in total. The summed E-state index contributed by atoms with van der Waals surface area (Å²) in [4.78, 5) is 7.94. The molecule has 0 bridgehead atoms. The molecule has 2 heterocycles. The van der Waals surface area contributed by atoms with Gasteiger partial charge >= 0.3 is 19.5 Å². The Labute approximate surface area is 172 Å². The van der Waals surface area contributed by atoms with Gasteiger partial charge in [0.1, 0.15) is 0 Å². The van der Waals surface area contributed by atoms with Crippen molar-refractivity contribution >= 4 is 0 Å². The van der Waals surface area contributed by atoms with Crippen molar-refractivity contribution in [3.8, 4) is 0 Å². The molecule has 15 heteroatoms. The number of nitrogens with two attached hydrogens (primary N) is 2. The summed E-state index contributed by atoms with van der Waals surface area (Å²) in [6.07, 6.45) is 3.48. The van der Waals surface area contributed by atoms with E-state index in [9.17, 15) is 0 Å². The van der Waals surface area contributed by atoms with E-state index in [4.69, 9.17) is 48.7 Å². The minimum atomic E-state index is -4.94. The van der Waals surface area contributed by atoms with Gasteiger partial charge in [0.25, 0.3) is 0 Å². The van der Waals surface area contributed by atoms with Gasteiger partial charge in [-0.15, -0.1) is 20.5 Å². The normalized spacial score (nSPS) is 9.85. The molecule has 4 N–H and O–H groups in total. The molecule has 0 aliphatic heterocycles. The van der Waals surface area contributed by atoms with E-state index in [1.165, 1.54) is 0 Å².